The third-order valence-electron chi connectivity index (χ3n) is 3.10. The smallest absolute Gasteiger partial charge is 0.322 e. The molecule has 2 aliphatic heterocycles. The van der Waals surface area contributed by atoms with E-state index in [-0.39, 0.29) is 11.7 Å². The lowest BCUT2D eigenvalue weighted by atomic mass is 9.86. The van der Waals surface area contributed by atoms with Crippen molar-refractivity contribution < 1.29 is 14.7 Å². The van der Waals surface area contributed by atoms with E-state index in [2.05, 4.69) is 10.6 Å². The molecule has 0 aliphatic carbocycles. The Bertz CT molecular complexity index is 531. The van der Waals surface area contributed by atoms with Crippen LogP contribution in [0.4, 0.5) is 4.79 Å². The standard InChI is InChI=1S/C11H10N2O3S/c14-6-1-2-8-7(5-6)11(3-4-17-8)9(15)12-10(16)13-11/h1-2,5,14H,3-4H2,(H2,12,13,15,16). The summed E-state index contributed by atoms with van der Waals surface area (Å²) in [5, 5.41) is 14.5. The van der Waals surface area contributed by atoms with Crippen LogP contribution in [0.15, 0.2) is 23.1 Å². The molecule has 3 N–H and O–H groups in total. The number of phenols is 1. The summed E-state index contributed by atoms with van der Waals surface area (Å²) in [6.07, 6.45) is 0.533. The van der Waals surface area contributed by atoms with E-state index >= 15 is 0 Å². The van der Waals surface area contributed by atoms with Gasteiger partial charge in [-0.05, 0) is 24.6 Å². The largest absolute Gasteiger partial charge is 0.508 e. The van der Waals surface area contributed by atoms with Crippen molar-refractivity contribution >= 4 is 23.7 Å². The summed E-state index contributed by atoms with van der Waals surface area (Å²) in [7, 11) is 0. The Hall–Kier alpha value is -1.69. The number of fused-ring (bicyclic) bond motifs is 2. The van der Waals surface area contributed by atoms with Gasteiger partial charge in [-0.25, -0.2) is 4.79 Å². The number of hydrogen-bond donors (Lipinski definition) is 3. The predicted octanol–water partition coefficient (Wildman–Crippen LogP) is 0.923. The van der Waals surface area contributed by atoms with Gasteiger partial charge in [-0.15, -0.1) is 11.8 Å². The number of aromatic hydroxyl groups is 1. The van der Waals surface area contributed by atoms with E-state index in [1.54, 1.807) is 30.0 Å². The van der Waals surface area contributed by atoms with E-state index in [1.165, 1.54) is 0 Å². The molecule has 2 heterocycles. The molecule has 88 valence electrons. The van der Waals surface area contributed by atoms with Crippen LogP contribution in [0, 0.1) is 0 Å². The number of thioether (sulfide) groups is 1. The van der Waals surface area contributed by atoms with E-state index in [0.717, 1.165) is 10.6 Å². The number of hydrogen-bond acceptors (Lipinski definition) is 4. The highest BCUT2D eigenvalue weighted by Crippen LogP contribution is 2.43. The average molecular weight is 250 g/mol. The van der Waals surface area contributed by atoms with E-state index < -0.39 is 11.6 Å². The molecule has 3 rings (SSSR count). The van der Waals surface area contributed by atoms with Gasteiger partial charge in [0.05, 0.1) is 0 Å². The van der Waals surface area contributed by atoms with Crippen molar-refractivity contribution in [3.8, 4) is 5.75 Å². The van der Waals surface area contributed by atoms with Gasteiger partial charge in [0.2, 0.25) is 0 Å². The summed E-state index contributed by atoms with van der Waals surface area (Å²) in [6.45, 7) is 0. The van der Waals surface area contributed by atoms with Crippen molar-refractivity contribution in [3.05, 3.63) is 23.8 Å². The first-order chi connectivity index (χ1) is 8.12. The first kappa shape index (κ1) is 10.5. The second-order valence-corrected chi connectivity index (χ2v) is 5.23. The summed E-state index contributed by atoms with van der Waals surface area (Å²) in [5.41, 5.74) is -0.326. The van der Waals surface area contributed by atoms with Gasteiger partial charge in [0, 0.05) is 16.2 Å². The number of phenolic OH excluding ortho intramolecular Hbond substituents is 1. The van der Waals surface area contributed by atoms with Gasteiger partial charge >= 0.3 is 6.03 Å². The van der Waals surface area contributed by atoms with Gasteiger partial charge in [0.25, 0.3) is 5.91 Å². The highest BCUT2D eigenvalue weighted by molar-refractivity contribution is 7.99. The molecule has 1 spiro atoms. The van der Waals surface area contributed by atoms with Crippen molar-refractivity contribution in [1.82, 2.24) is 10.6 Å². The molecule has 2 aliphatic rings. The molecule has 0 saturated carbocycles. The number of carbonyl (C=O) groups is 2. The van der Waals surface area contributed by atoms with Gasteiger partial charge in [-0.2, -0.15) is 0 Å². The van der Waals surface area contributed by atoms with Crippen LogP contribution in [0.2, 0.25) is 0 Å². The minimum atomic E-state index is -1.00. The number of carbonyl (C=O) groups excluding carboxylic acids is 2. The maximum absolute atomic E-state index is 12.0. The van der Waals surface area contributed by atoms with Crippen molar-refractivity contribution in [1.29, 1.82) is 0 Å². The van der Waals surface area contributed by atoms with Crippen molar-refractivity contribution in [2.24, 2.45) is 0 Å². The van der Waals surface area contributed by atoms with Crippen LogP contribution < -0.4 is 10.6 Å². The monoisotopic (exact) mass is 250 g/mol. The van der Waals surface area contributed by atoms with Gasteiger partial charge in [0.1, 0.15) is 11.3 Å². The summed E-state index contributed by atoms with van der Waals surface area (Å²) >= 11 is 1.62. The molecule has 0 bridgehead atoms. The second kappa shape index (κ2) is 3.40. The molecule has 0 aromatic heterocycles. The zero-order valence-corrected chi connectivity index (χ0v) is 9.63. The molecule has 1 unspecified atom stereocenters. The topological polar surface area (TPSA) is 78.4 Å². The fourth-order valence-corrected chi connectivity index (χ4v) is 3.46. The van der Waals surface area contributed by atoms with Gasteiger partial charge in [-0.1, -0.05) is 0 Å². The molecular weight excluding hydrogens is 240 g/mol. The first-order valence-electron chi connectivity index (χ1n) is 5.22. The number of urea groups is 1. The molecule has 1 atom stereocenters. The highest BCUT2D eigenvalue weighted by Gasteiger charge is 2.50. The Labute approximate surface area is 102 Å². The van der Waals surface area contributed by atoms with Gasteiger partial charge in [-0.3, -0.25) is 10.1 Å². The first-order valence-corrected chi connectivity index (χ1v) is 6.20. The van der Waals surface area contributed by atoms with Gasteiger partial charge in [0.15, 0.2) is 0 Å². The van der Waals surface area contributed by atoms with E-state index in [4.69, 9.17) is 0 Å². The van der Waals surface area contributed by atoms with Crippen LogP contribution in [0.5, 0.6) is 5.75 Å². The summed E-state index contributed by atoms with van der Waals surface area (Å²) in [6, 6.07) is 4.43. The van der Waals surface area contributed by atoms with Crippen LogP contribution in [0.25, 0.3) is 0 Å². The molecule has 1 fully saturated rings. The van der Waals surface area contributed by atoms with Crippen molar-refractivity contribution in [2.75, 3.05) is 5.75 Å². The number of benzene rings is 1. The van der Waals surface area contributed by atoms with E-state index in [1.807, 2.05) is 0 Å². The number of amides is 3. The molecule has 1 aromatic rings. The summed E-state index contributed by atoms with van der Waals surface area (Å²) in [5.74, 6) is 0.514. The fourth-order valence-electron chi connectivity index (χ4n) is 2.28. The minimum Gasteiger partial charge on any atom is -0.508 e. The van der Waals surface area contributed by atoms with E-state index in [9.17, 15) is 14.7 Å². The highest BCUT2D eigenvalue weighted by atomic mass is 32.2. The third kappa shape index (κ3) is 1.40. The van der Waals surface area contributed by atoms with Crippen molar-refractivity contribution in [2.45, 2.75) is 16.9 Å². The zero-order chi connectivity index (χ0) is 12.0. The predicted molar refractivity (Wildman–Crippen MR) is 61.8 cm³/mol. The number of rotatable bonds is 0. The molecule has 6 heteroatoms. The average Bonchev–Trinajstić information content (AvgIpc) is 2.56. The van der Waals surface area contributed by atoms with E-state index in [0.29, 0.717) is 12.0 Å². The van der Waals surface area contributed by atoms with Crippen LogP contribution in [-0.4, -0.2) is 22.8 Å². The van der Waals surface area contributed by atoms with Crippen LogP contribution >= 0.6 is 11.8 Å². The zero-order valence-electron chi connectivity index (χ0n) is 8.82. The number of nitrogens with one attached hydrogen (secondary N) is 2. The third-order valence-corrected chi connectivity index (χ3v) is 4.17. The maximum atomic E-state index is 12.0. The molecule has 1 aromatic carbocycles. The number of imide groups is 1. The Morgan fingerprint density at radius 1 is 1.35 bits per heavy atom. The Balaban J connectivity index is 2.19. The van der Waals surface area contributed by atoms with Crippen LogP contribution in [-0.2, 0) is 10.3 Å². The maximum Gasteiger partial charge on any atom is 0.322 e. The molecule has 5 nitrogen and oxygen atoms in total. The molecular formula is C11H10N2O3S. The minimum absolute atomic E-state index is 0.0968. The summed E-state index contributed by atoms with van der Waals surface area (Å²) < 4.78 is 0. The molecule has 1 saturated heterocycles. The normalized spacial score (nSPS) is 26.6. The SMILES string of the molecule is O=C1NC(=O)C2(CCSc3ccc(O)cc32)N1. The lowest BCUT2D eigenvalue weighted by Gasteiger charge is -2.32. The molecule has 17 heavy (non-hydrogen) atoms. The Kier molecular flexibility index (Phi) is 2.09. The van der Waals surface area contributed by atoms with Crippen LogP contribution in [0.1, 0.15) is 12.0 Å². The molecule has 0 radical (unpaired) electrons. The second-order valence-electron chi connectivity index (χ2n) is 4.09. The fraction of sp³-hybridized carbons (Fsp3) is 0.273. The molecule has 3 amide bonds. The Morgan fingerprint density at radius 2 is 2.18 bits per heavy atom. The Morgan fingerprint density at radius 3 is 2.88 bits per heavy atom. The summed E-state index contributed by atoms with van der Waals surface area (Å²) in [4.78, 5) is 24.2. The lowest BCUT2D eigenvalue weighted by Crippen LogP contribution is -2.46. The van der Waals surface area contributed by atoms with Crippen molar-refractivity contribution in [3.63, 3.8) is 0 Å². The van der Waals surface area contributed by atoms with Gasteiger partial charge < -0.3 is 10.4 Å². The quantitative estimate of drug-likeness (QED) is 0.598. The lowest BCUT2D eigenvalue weighted by molar-refractivity contribution is -0.124. The van der Waals surface area contributed by atoms with Crippen LogP contribution in [0.3, 0.4) is 0 Å².